The number of fused-ring (bicyclic) bond motifs is 1. The minimum Gasteiger partial charge on any atom is -0.392 e. The Bertz CT molecular complexity index is 1810. The van der Waals surface area contributed by atoms with Crippen LogP contribution in [0.5, 0.6) is 0 Å². The summed E-state index contributed by atoms with van der Waals surface area (Å²) in [5, 5.41) is 17.1. The molecule has 2 aliphatic rings. The minimum atomic E-state index is -0.590. The molecule has 4 atom stereocenters. The Balaban J connectivity index is 1.09. The number of H-pyrrole nitrogens is 1. The largest absolute Gasteiger partial charge is 0.392 e. The maximum absolute atomic E-state index is 12.9. The molecule has 1 saturated heterocycles. The second-order valence-electron chi connectivity index (χ2n) is 11.5. The molecule has 4 aromatic carbocycles. The van der Waals surface area contributed by atoms with Crippen LogP contribution in [0.3, 0.4) is 0 Å². The third-order valence-corrected chi connectivity index (χ3v) is 9.53. The van der Waals surface area contributed by atoms with Crippen LogP contribution in [0.15, 0.2) is 109 Å². The number of hydrogen-bond donors (Lipinski definition) is 2. The lowest BCUT2D eigenvalue weighted by Gasteiger charge is -2.41. The van der Waals surface area contributed by atoms with Gasteiger partial charge in [-0.15, -0.1) is 0 Å². The van der Waals surface area contributed by atoms with Crippen molar-refractivity contribution in [3.8, 4) is 11.1 Å². The number of benzene rings is 4. The van der Waals surface area contributed by atoms with Gasteiger partial charge in [0.05, 0.1) is 36.5 Å². The molecule has 0 aliphatic carbocycles. The lowest BCUT2D eigenvalue weighted by Crippen LogP contribution is -2.38. The number of aliphatic hydroxyl groups is 1. The van der Waals surface area contributed by atoms with E-state index in [1.165, 1.54) is 11.2 Å². The van der Waals surface area contributed by atoms with Crippen LogP contribution >= 0.6 is 11.8 Å². The van der Waals surface area contributed by atoms with Gasteiger partial charge < -0.3 is 14.6 Å². The van der Waals surface area contributed by atoms with Crippen molar-refractivity contribution >= 4 is 23.6 Å². The zero-order valence-corrected chi connectivity index (χ0v) is 25.9. The van der Waals surface area contributed by atoms with Gasteiger partial charge >= 0.3 is 0 Å². The number of hydrogen-bond acceptors (Lipinski definition) is 8. The van der Waals surface area contributed by atoms with Gasteiger partial charge in [-0.1, -0.05) is 97.5 Å². The van der Waals surface area contributed by atoms with E-state index in [0.717, 1.165) is 38.5 Å². The molecule has 7 rings (SSSR count). The van der Waals surface area contributed by atoms with Crippen LogP contribution in [0, 0.1) is 5.92 Å². The molecular formula is C36H32N4O5S. The highest BCUT2D eigenvalue weighted by molar-refractivity contribution is 7.99. The summed E-state index contributed by atoms with van der Waals surface area (Å²) < 4.78 is 13.1. The summed E-state index contributed by atoms with van der Waals surface area (Å²) in [6.45, 7) is 2.32. The quantitative estimate of drug-likeness (QED) is 0.143. The van der Waals surface area contributed by atoms with Crippen molar-refractivity contribution < 1.29 is 24.2 Å². The van der Waals surface area contributed by atoms with Crippen molar-refractivity contribution in [1.82, 2.24) is 20.1 Å². The van der Waals surface area contributed by atoms with E-state index in [1.54, 1.807) is 36.0 Å². The molecule has 0 spiro atoms. The number of nitrogens with zero attached hydrogens (tertiary/aromatic N) is 3. The van der Waals surface area contributed by atoms with Crippen molar-refractivity contribution in [3.05, 3.63) is 137 Å². The number of carbonyl (C=O) groups excluding carboxylic acids is 2. The lowest BCUT2D eigenvalue weighted by atomic mass is 9.91. The number of amides is 2. The molecule has 10 heteroatoms. The van der Waals surface area contributed by atoms with Gasteiger partial charge in [0, 0.05) is 17.2 Å². The van der Waals surface area contributed by atoms with E-state index in [9.17, 15) is 14.7 Å². The fourth-order valence-electron chi connectivity index (χ4n) is 5.98. The summed E-state index contributed by atoms with van der Waals surface area (Å²) in [5.41, 5.74) is 6.50. The fourth-order valence-corrected chi connectivity index (χ4v) is 6.93. The number of rotatable bonds is 9. The first-order valence-electron chi connectivity index (χ1n) is 15.1. The second kappa shape index (κ2) is 13.0. The lowest BCUT2D eigenvalue weighted by molar-refractivity contribution is -0.268. The topological polar surface area (TPSA) is 118 Å². The molecule has 0 radical (unpaired) electrons. The van der Waals surface area contributed by atoms with Crippen LogP contribution in [0.4, 0.5) is 0 Å². The molecule has 2 amide bonds. The summed E-state index contributed by atoms with van der Waals surface area (Å²) in [6, 6.07) is 30.8. The normalized spacial score (nSPS) is 21.0. The monoisotopic (exact) mass is 632 g/mol. The predicted octanol–water partition coefficient (Wildman–Crippen LogP) is 6.34. The highest BCUT2D eigenvalue weighted by Gasteiger charge is 2.39. The average Bonchev–Trinajstić information content (AvgIpc) is 3.71. The van der Waals surface area contributed by atoms with E-state index in [0.29, 0.717) is 16.9 Å². The van der Waals surface area contributed by atoms with E-state index in [1.807, 2.05) is 72.8 Å². The number of aromatic nitrogens is 3. The molecule has 2 aliphatic heterocycles. The van der Waals surface area contributed by atoms with Gasteiger partial charge in [-0.3, -0.25) is 19.6 Å². The van der Waals surface area contributed by atoms with Crippen molar-refractivity contribution in [3.63, 3.8) is 0 Å². The summed E-state index contributed by atoms with van der Waals surface area (Å²) in [4.78, 5) is 31.3. The van der Waals surface area contributed by atoms with Gasteiger partial charge in [0.1, 0.15) is 6.33 Å². The molecule has 9 nitrogen and oxygen atoms in total. The third-order valence-electron chi connectivity index (χ3n) is 8.56. The van der Waals surface area contributed by atoms with Crippen LogP contribution in [0.25, 0.3) is 11.1 Å². The van der Waals surface area contributed by atoms with Crippen molar-refractivity contribution in [2.45, 2.75) is 43.7 Å². The van der Waals surface area contributed by atoms with Crippen LogP contribution in [0.1, 0.15) is 62.3 Å². The molecule has 0 bridgehead atoms. The molecular weight excluding hydrogens is 600 g/mol. The molecule has 4 unspecified atom stereocenters. The zero-order chi connectivity index (χ0) is 31.6. The Hall–Kier alpha value is -4.61. The summed E-state index contributed by atoms with van der Waals surface area (Å²) in [5.74, 6) is 0.185. The Morgan fingerprint density at radius 1 is 0.826 bits per heavy atom. The molecule has 1 fully saturated rings. The van der Waals surface area contributed by atoms with E-state index >= 15 is 0 Å². The standard InChI is InChI=1S/C36H32N4O5S/c1-22-31(20-46-36-37-21-38-39-36)44-35(45-32(22)26-11-9-23(19-41)10-12-26)27-15-13-25(14-16-27)28-6-4-5-24(17-28)18-40-33(42)29-7-2-3-8-30(29)34(40)43/h2-17,21-22,31-32,35,41H,18-20H2,1H3,(H,37,38,39). The van der Waals surface area contributed by atoms with Gasteiger partial charge in [-0.2, -0.15) is 5.10 Å². The molecule has 46 heavy (non-hydrogen) atoms. The van der Waals surface area contributed by atoms with Crippen LogP contribution in [-0.2, 0) is 22.6 Å². The van der Waals surface area contributed by atoms with E-state index in [4.69, 9.17) is 9.47 Å². The Morgan fingerprint density at radius 2 is 1.54 bits per heavy atom. The third kappa shape index (κ3) is 6.00. The highest BCUT2D eigenvalue weighted by atomic mass is 32.2. The van der Waals surface area contributed by atoms with E-state index < -0.39 is 6.29 Å². The van der Waals surface area contributed by atoms with Gasteiger partial charge in [-0.25, -0.2) is 4.98 Å². The molecule has 3 heterocycles. The first-order valence-corrected chi connectivity index (χ1v) is 16.1. The molecule has 232 valence electrons. The number of carbonyl (C=O) groups is 2. The summed E-state index contributed by atoms with van der Waals surface area (Å²) in [6.07, 6.45) is 0.556. The smallest absolute Gasteiger partial charge is 0.261 e. The number of ether oxygens (including phenoxy) is 2. The summed E-state index contributed by atoms with van der Waals surface area (Å²) in [7, 11) is 0. The molecule has 5 aromatic rings. The number of imide groups is 1. The Morgan fingerprint density at radius 3 is 2.22 bits per heavy atom. The first kappa shape index (κ1) is 30.1. The predicted molar refractivity (Wildman–Crippen MR) is 173 cm³/mol. The van der Waals surface area contributed by atoms with Crippen molar-refractivity contribution in [2.75, 3.05) is 5.75 Å². The summed E-state index contributed by atoms with van der Waals surface area (Å²) >= 11 is 1.56. The Kier molecular flexibility index (Phi) is 8.51. The second-order valence-corrected chi connectivity index (χ2v) is 12.5. The number of aromatic amines is 1. The number of thioether (sulfide) groups is 1. The first-order chi connectivity index (χ1) is 22.5. The zero-order valence-electron chi connectivity index (χ0n) is 25.1. The number of nitrogens with one attached hydrogen (secondary N) is 1. The van der Waals surface area contributed by atoms with Crippen LogP contribution in [0.2, 0.25) is 0 Å². The van der Waals surface area contributed by atoms with Gasteiger partial charge in [0.25, 0.3) is 11.8 Å². The van der Waals surface area contributed by atoms with Crippen LogP contribution < -0.4 is 0 Å². The SMILES string of the molecule is CC1C(CSc2ncn[nH]2)OC(c2ccc(-c3cccc(CN4C(=O)c5ccccc5C4=O)c3)cc2)OC1c1ccc(CO)cc1. The molecule has 1 aromatic heterocycles. The maximum Gasteiger partial charge on any atom is 0.261 e. The van der Waals surface area contributed by atoms with Gasteiger partial charge in [0.15, 0.2) is 11.4 Å². The van der Waals surface area contributed by atoms with Gasteiger partial charge in [0.2, 0.25) is 0 Å². The van der Waals surface area contributed by atoms with E-state index in [-0.39, 0.29) is 43.1 Å². The fraction of sp³-hybridized carbons (Fsp3) is 0.222. The average molecular weight is 633 g/mol. The van der Waals surface area contributed by atoms with E-state index in [2.05, 4.69) is 22.1 Å². The number of aliphatic hydroxyl groups excluding tert-OH is 1. The highest BCUT2D eigenvalue weighted by Crippen LogP contribution is 2.43. The van der Waals surface area contributed by atoms with Crippen LogP contribution in [-0.4, -0.2) is 48.9 Å². The van der Waals surface area contributed by atoms with Gasteiger partial charge in [-0.05, 0) is 46.0 Å². The van der Waals surface area contributed by atoms with Crippen molar-refractivity contribution in [1.29, 1.82) is 0 Å². The Labute approximate surface area is 270 Å². The minimum absolute atomic E-state index is 0.0123. The maximum atomic E-state index is 12.9. The molecule has 0 saturated carbocycles. The van der Waals surface area contributed by atoms with Crippen molar-refractivity contribution in [2.24, 2.45) is 5.92 Å². The molecule has 2 N–H and O–H groups in total.